The van der Waals surface area contributed by atoms with Crippen LogP contribution in [0.25, 0.3) is 11.6 Å². The van der Waals surface area contributed by atoms with E-state index < -0.39 is 0 Å². The number of fused-ring (bicyclic) bond motifs is 1. The third kappa shape index (κ3) is 2.77. The molecule has 1 aliphatic heterocycles. The lowest BCUT2D eigenvalue weighted by atomic mass is 10.1. The first-order valence-electron chi connectivity index (χ1n) is 7.25. The lowest BCUT2D eigenvalue weighted by Gasteiger charge is -2.02. The van der Waals surface area contributed by atoms with E-state index in [4.69, 9.17) is 16.0 Å². The van der Waals surface area contributed by atoms with E-state index in [-0.39, 0.29) is 5.75 Å². The fourth-order valence-corrected chi connectivity index (χ4v) is 2.54. The van der Waals surface area contributed by atoms with Crippen LogP contribution in [0.4, 0.5) is 17.4 Å². The summed E-state index contributed by atoms with van der Waals surface area (Å²) in [6.07, 6.45) is 5.13. The molecule has 0 radical (unpaired) electrons. The van der Waals surface area contributed by atoms with E-state index in [0.29, 0.717) is 22.5 Å². The molecule has 1 aliphatic rings. The summed E-state index contributed by atoms with van der Waals surface area (Å²) in [5.41, 5.74) is 2.55. The Bertz CT molecular complexity index is 959. The number of rotatable bonds is 3. The highest BCUT2D eigenvalue weighted by molar-refractivity contribution is 6.30. The number of aromatic hydroxyl groups is 1. The van der Waals surface area contributed by atoms with E-state index >= 15 is 0 Å². The van der Waals surface area contributed by atoms with Gasteiger partial charge in [0.2, 0.25) is 5.88 Å². The lowest BCUT2D eigenvalue weighted by Crippen LogP contribution is -1.86. The maximum Gasteiger partial charge on any atom is 0.201 e. The van der Waals surface area contributed by atoms with Crippen LogP contribution in [0.2, 0.25) is 5.02 Å². The number of furan rings is 1. The minimum absolute atomic E-state index is 0.0460. The number of hydrogen-bond acceptors (Lipinski definition) is 5. The third-order valence-electron chi connectivity index (χ3n) is 3.56. The molecule has 0 unspecified atom stereocenters. The SMILES string of the molecule is Oc1cc(Nc2ccc(Cl)cc2)oc1C=C1C=Nc2ncccc21. The lowest BCUT2D eigenvalue weighted by molar-refractivity contribution is 0.456. The van der Waals surface area contributed by atoms with Gasteiger partial charge in [0.15, 0.2) is 17.3 Å². The average Bonchev–Trinajstić information content (AvgIpc) is 3.14. The summed E-state index contributed by atoms with van der Waals surface area (Å²) in [5, 5.41) is 13.8. The maximum atomic E-state index is 10.1. The van der Waals surface area contributed by atoms with Gasteiger partial charge in [0.1, 0.15) is 0 Å². The zero-order valence-corrected chi connectivity index (χ0v) is 13.2. The Morgan fingerprint density at radius 3 is 2.83 bits per heavy atom. The van der Waals surface area contributed by atoms with Crippen molar-refractivity contribution in [3.8, 4) is 5.75 Å². The van der Waals surface area contributed by atoms with Crippen molar-refractivity contribution in [2.45, 2.75) is 0 Å². The molecule has 0 saturated heterocycles. The summed E-state index contributed by atoms with van der Waals surface area (Å²) < 4.78 is 5.67. The van der Waals surface area contributed by atoms with Gasteiger partial charge in [0, 0.05) is 40.3 Å². The molecule has 5 nitrogen and oxygen atoms in total. The zero-order valence-electron chi connectivity index (χ0n) is 12.4. The molecule has 3 aromatic rings. The number of pyridine rings is 1. The maximum absolute atomic E-state index is 10.1. The Morgan fingerprint density at radius 2 is 2.00 bits per heavy atom. The molecule has 1 aromatic carbocycles. The highest BCUT2D eigenvalue weighted by Crippen LogP contribution is 2.35. The minimum atomic E-state index is 0.0460. The van der Waals surface area contributed by atoms with Crippen molar-refractivity contribution in [2.24, 2.45) is 4.99 Å². The van der Waals surface area contributed by atoms with Gasteiger partial charge in [0.25, 0.3) is 0 Å². The molecule has 0 atom stereocenters. The molecule has 0 amide bonds. The predicted molar refractivity (Wildman–Crippen MR) is 95.4 cm³/mol. The second kappa shape index (κ2) is 5.86. The van der Waals surface area contributed by atoms with Gasteiger partial charge in [-0.15, -0.1) is 0 Å². The van der Waals surface area contributed by atoms with Crippen molar-refractivity contribution in [3.05, 3.63) is 65.0 Å². The minimum Gasteiger partial charge on any atom is -0.504 e. The fourth-order valence-electron chi connectivity index (χ4n) is 2.42. The molecule has 0 spiro atoms. The Hall–Kier alpha value is -3.05. The van der Waals surface area contributed by atoms with Gasteiger partial charge in [-0.3, -0.25) is 0 Å². The average molecular weight is 338 g/mol. The van der Waals surface area contributed by atoms with E-state index in [1.54, 1.807) is 30.6 Å². The smallest absolute Gasteiger partial charge is 0.201 e. The van der Waals surface area contributed by atoms with Gasteiger partial charge in [-0.05, 0) is 42.5 Å². The largest absolute Gasteiger partial charge is 0.504 e. The van der Waals surface area contributed by atoms with Crippen LogP contribution in [-0.2, 0) is 0 Å². The Kier molecular flexibility index (Phi) is 3.55. The highest BCUT2D eigenvalue weighted by atomic mass is 35.5. The molecular formula is C18H12ClN3O2. The number of aromatic nitrogens is 1. The van der Waals surface area contributed by atoms with E-state index in [1.165, 1.54) is 6.07 Å². The predicted octanol–water partition coefficient (Wildman–Crippen LogP) is 5.03. The van der Waals surface area contributed by atoms with Crippen LogP contribution in [0.3, 0.4) is 0 Å². The molecular weight excluding hydrogens is 326 g/mol. The monoisotopic (exact) mass is 337 g/mol. The number of nitrogens with one attached hydrogen (secondary N) is 1. The van der Waals surface area contributed by atoms with Crippen LogP contribution < -0.4 is 5.32 Å². The van der Waals surface area contributed by atoms with Crippen molar-refractivity contribution < 1.29 is 9.52 Å². The number of hydrogen-bond donors (Lipinski definition) is 2. The van der Waals surface area contributed by atoms with E-state index in [9.17, 15) is 5.11 Å². The zero-order chi connectivity index (χ0) is 16.5. The molecule has 0 fully saturated rings. The standard InChI is InChI=1S/C18H12ClN3O2/c19-12-3-5-13(6-4-12)22-17-9-15(23)16(24-17)8-11-10-21-18-14(11)2-1-7-20-18/h1-10,22-23H. The van der Waals surface area contributed by atoms with Crippen molar-refractivity contribution >= 4 is 46.9 Å². The van der Waals surface area contributed by atoms with Crippen molar-refractivity contribution in [1.29, 1.82) is 0 Å². The van der Waals surface area contributed by atoms with Gasteiger partial charge in [-0.25, -0.2) is 9.98 Å². The van der Waals surface area contributed by atoms with Crippen molar-refractivity contribution in [3.63, 3.8) is 0 Å². The fraction of sp³-hybridized carbons (Fsp3) is 0. The molecule has 118 valence electrons. The first kappa shape index (κ1) is 14.5. The van der Waals surface area contributed by atoms with E-state index in [0.717, 1.165) is 16.8 Å². The van der Waals surface area contributed by atoms with Crippen LogP contribution in [0.15, 0.2) is 58.1 Å². The van der Waals surface area contributed by atoms with Crippen LogP contribution in [0, 0.1) is 0 Å². The first-order chi connectivity index (χ1) is 11.7. The molecule has 0 bridgehead atoms. The number of halogens is 1. The number of benzene rings is 1. The second-order valence-corrected chi connectivity index (χ2v) is 5.66. The van der Waals surface area contributed by atoms with Gasteiger partial charge in [-0.2, -0.15) is 0 Å². The van der Waals surface area contributed by atoms with Crippen LogP contribution in [0.5, 0.6) is 5.75 Å². The molecule has 3 heterocycles. The molecule has 24 heavy (non-hydrogen) atoms. The second-order valence-electron chi connectivity index (χ2n) is 5.22. The summed E-state index contributed by atoms with van der Waals surface area (Å²) in [4.78, 5) is 8.42. The summed E-state index contributed by atoms with van der Waals surface area (Å²) >= 11 is 5.86. The topological polar surface area (TPSA) is 70.7 Å². The Labute approximate surface area is 143 Å². The number of allylic oxidation sites excluding steroid dienone is 1. The Morgan fingerprint density at radius 1 is 1.17 bits per heavy atom. The number of aliphatic imine (C=N–C) groups is 1. The Balaban J connectivity index is 1.62. The summed E-state index contributed by atoms with van der Waals surface area (Å²) in [5.74, 6) is 1.49. The van der Waals surface area contributed by atoms with Crippen LogP contribution >= 0.6 is 11.6 Å². The summed E-state index contributed by atoms with van der Waals surface area (Å²) in [6.45, 7) is 0. The number of nitrogens with zero attached hydrogens (tertiary/aromatic N) is 2. The van der Waals surface area contributed by atoms with Gasteiger partial charge < -0.3 is 14.8 Å². The summed E-state index contributed by atoms with van der Waals surface area (Å²) in [6, 6.07) is 12.5. The van der Waals surface area contributed by atoms with E-state index in [1.807, 2.05) is 24.3 Å². The van der Waals surface area contributed by atoms with Crippen LogP contribution in [-0.4, -0.2) is 16.3 Å². The first-order valence-corrected chi connectivity index (χ1v) is 7.63. The summed E-state index contributed by atoms with van der Waals surface area (Å²) in [7, 11) is 0. The van der Waals surface area contributed by atoms with Gasteiger partial charge in [0.05, 0.1) is 0 Å². The third-order valence-corrected chi connectivity index (χ3v) is 3.81. The number of anilines is 2. The van der Waals surface area contributed by atoms with Crippen molar-refractivity contribution in [1.82, 2.24) is 4.98 Å². The molecule has 0 aliphatic carbocycles. The molecule has 2 N–H and O–H groups in total. The van der Waals surface area contributed by atoms with Gasteiger partial charge in [-0.1, -0.05) is 11.6 Å². The highest BCUT2D eigenvalue weighted by Gasteiger charge is 2.15. The normalized spacial score (nSPS) is 14.1. The molecule has 6 heteroatoms. The molecule has 2 aromatic heterocycles. The van der Waals surface area contributed by atoms with Crippen molar-refractivity contribution in [2.75, 3.05) is 5.32 Å². The van der Waals surface area contributed by atoms with Crippen LogP contribution in [0.1, 0.15) is 11.3 Å². The van der Waals surface area contributed by atoms with E-state index in [2.05, 4.69) is 15.3 Å². The molecule has 0 saturated carbocycles. The molecule has 4 rings (SSSR count). The quantitative estimate of drug-likeness (QED) is 0.702. The van der Waals surface area contributed by atoms with Gasteiger partial charge >= 0.3 is 0 Å².